The minimum absolute atomic E-state index is 0.234. The predicted octanol–water partition coefficient (Wildman–Crippen LogP) is 3.19. The molecule has 0 unspecified atom stereocenters. The second-order valence-electron chi connectivity index (χ2n) is 4.73. The summed E-state index contributed by atoms with van der Waals surface area (Å²) in [6.45, 7) is 0.347. The van der Waals surface area contributed by atoms with Crippen molar-refractivity contribution in [2.75, 3.05) is 16.3 Å². The number of carbonyl (C=O) groups is 2. The number of rotatable bonds is 2. The van der Waals surface area contributed by atoms with Crippen LogP contribution in [0.25, 0.3) is 0 Å². The minimum atomic E-state index is -0.413. The van der Waals surface area contributed by atoms with E-state index in [1.165, 1.54) is 24.3 Å². The summed E-state index contributed by atoms with van der Waals surface area (Å²) in [5.41, 5.74) is 1.12. The van der Waals surface area contributed by atoms with Gasteiger partial charge in [0.2, 0.25) is 5.91 Å². The van der Waals surface area contributed by atoms with Crippen LogP contribution in [-0.2, 0) is 4.79 Å². The topological polar surface area (TPSA) is 40.6 Å². The Hall–Kier alpha value is -2.69. The summed E-state index contributed by atoms with van der Waals surface area (Å²) in [5, 5.41) is 0. The molecule has 1 aliphatic rings. The molecule has 0 aromatic heterocycles. The molecule has 3 amide bonds. The first-order valence-corrected chi connectivity index (χ1v) is 6.62. The fourth-order valence-electron chi connectivity index (χ4n) is 2.33. The normalized spacial score (nSPS) is 15.5. The lowest BCUT2D eigenvalue weighted by Gasteiger charge is -2.34. The highest BCUT2D eigenvalue weighted by Gasteiger charge is 2.33. The molecular weight excluding hydrogens is 271 g/mol. The van der Waals surface area contributed by atoms with E-state index in [1.54, 1.807) is 4.90 Å². The van der Waals surface area contributed by atoms with Crippen LogP contribution in [-0.4, -0.2) is 18.5 Å². The van der Waals surface area contributed by atoms with Gasteiger partial charge < -0.3 is 0 Å². The molecule has 0 atom stereocenters. The van der Waals surface area contributed by atoms with Gasteiger partial charge in [-0.2, -0.15) is 0 Å². The van der Waals surface area contributed by atoms with E-state index in [2.05, 4.69) is 0 Å². The molecule has 0 N–H and O–H groups in total. The summed E-state index contributed by atoms with van der Waals surface area (Å²) in [7, 11) is 0. The number of halogens is 1. The number of amides is 3. The Balaban J connectivity index is 1.94. The van der Waals surface area contributed by atoms with Crippen LogP contribution in [0.5, 0.6) is 0 Å². The molecule has 106 valence electrons. The Kier molecular flexibility index (Phi) is 3.39. The number of hydrogen-bond donors (Lipinski definition) is 0. The molecule has 0 aliphatic carbocycles. The van der Waals surface area contributed by atoms with Crippen LogP contribution in [0.3, 0.4) is 0 Å². The molecular formula is C16H13FN2O2. The standard InChI is InChI=1S/C16H13FN2O2/c17-12-6-8-14(9-7-12)19-15(20)10-11-18(16(19)21)13-4-2-1-3-5-13/h1-9H,10-11H2. The van der Waals surface area contributed by atoms with Gasteiger partial charge in [-0.05, 0) is 36.4 Å². The summed E-state index contributed by atoms with van der Waals surface area (Å²) < 4.78 is 13.0. The van der Waals surface area contributed by atoms with Gasteiger partial charge in [-0.1, -0.05) is 18.2 Å². The summed E-state index contributed by atoms with van der Waals surface area (Å²) in [5.74, 6) is -0.686. The second-order valence-corrected chi connectivity index (χ2v) is 4.73. The highest BCUT2D eigenvalue weighted by molar-refractivity contribution is 6.21. The van der Waals surface area contributed by atoms with Crippen LogP contribution in [0.2, 0.25) is 0 Å². The lowest BCUT2D eigenvalue weighted by Crippen LogP contribution is -2.52. The third-order valence-electron chi connectivity index (χ3n) is 3.37. The Bertz CT molecular complexity index is 670. The van der Waals surface area contributed by atoms with Crippen LogP contribution in [0, 0.1) is 5.82 Å². The van der Waals surface area contributed by atoms with Gasteiger partial charge >= 0.3 is 6.03 Å². The van der Waals surface area contributed by atoms with Crippen LogP contribution < -0.4 is 9.80 Å². The van der Waals surface area contributed by atoms with Gasteiger partial charge in [0, 0.05) is 18.7 Å². The van der Waals surface area contributed by atoms with E-state index in [9.17, 15) is 14.0 Å². The van der Waals surface area contributed by atoms with Crippen molar-refractivity contribution in [2.45, 2.75) is 6.42 Å². The maximum absolute atomic E-state index is 13.0. The zero-order valence-corrected chi connectivity index (χ0v) is 11.2. The molecule has 1 heterocycles. The molecule has 5 heteroatoms. The van der Waals surface area contributed by atoms with Gasteiger partial charge in [0.1, 0.15) is 5.82 Å². The van der Waals surface area contributed by atoms with Crippen molar-refractivity contribution in [2.24, 2.45) is 0 Å². The molecule has 0 saturated carbocycles. The SMILES string of the molecule is O=C1CCN(c2ccccc2)C(=O)N1c1ccc(F)cc1. The first-order chi connectivity index (χ1) is 10.2. The molecule has 3 rings (SSSR count). The number of para-hydroxylation sites is 1. The summed E-state index contributed by atoms with van der Waals surface area (Å²) in [6, 6.07) is 14.1. The van der Waals surface area contributed by atoms with Gasteiger partial charge in [0.05, 0.1) is 5.69 Å². The summed E-state index contributed by atoms with van der Waals surface area (Å²) >= 11 is 0. The summed E-state index contributed by atoms with van der Waals surface area (Å²) in [6.07, 6.45) is 0.234. The molecule has 0 bridgehead atoms. The molecule has 1 fully saturated rings. The van der Waals surface area contributed by atoms with Crippen molar-refractivity contribution in [3.63, 3.8) is 0 Å². The first kappa shape index (κ1) is 13.3. The van der Waals surface area contributed by atoms with Crippen LogP contribution in [0.1, 0.15) is 6.42 Å². The van der Waals surface area contributed by atoms with Gasteiger partial charge in [-0.15, -0.1) is 0 Å². The highest BCUT2D eigenvalue weighted by atomic mass is 19.1. The quantitative estimate of drug-likeness (QED) is 0.849. The van der Waals surface area contributed by atoms with Crippen molar-refractivity contribution < 1.29 is 14.0 Å². The Labute approximate surface area is 121 Å². The third kappa shape index (κ3) is 2.50. The Morgan fingerprint density at radius 3 is 2.19 bits per heavy atom. The molecule has 1 aliphatic heterocycles. The monoisotopic (exact) mass is 284 g/mol. The van der Waals surface area contributed by atoms with E-state index in [4.69, 9.17) is 0 Å². The molecule has 2 aromatic carbocycles. The first-order valence-electron chi connectivity index (χ1n) is 6.62. The van der Waals surface area contributed by atoms with Crippen molar-refractivity contribution in [1.82, 2.24) is 0 Å². The average Bonchev–Trinajstić information content (AvgIpc) is 2.50. The number of urea groups is 1. The van der Waals surface area contributed by atoms with Crippen molar-refractivity contribution in [3.05, 3.63) is 60.4 Å². The maximum atomic E-state index is 13.0. The van der Waals surface area contributed by atoms with Crippen LogP contribution in [0.15, 0.2) is 54.6 Å². The lowest BCUT2D eigenvalue weighted by atomic mass is 10.2. The number of imide groups is 1. The average molecular weight is 284 g/mol. The molecule has 0 radical (unpaired) electrons. The Morgan fingerprint density at radius 1 is 0.857 bits per heavy atom. The molecule has 1 saturated heterocycles. The number of benzene rings is 2. The minimum Gasteiger partial charge on any atom is -0.293 e. The van der Waals surface area contributed by atoms with Crippen molar-refractivity contribution >= 4 is 23.3 Å². The van der Waals surface area contributed by atoms with E-state index >= 15 is 0 Å². The number of carbonyl (C=O) groups excluding carboxylic acids is 2. The fraction of sp³-hybridized carbons (Fsp3) is 0.125. The molecule has 4 nitrogen and oxygen atoms in total. The predicted molar refractivity (Wildman–Crippen MR) is 77.7 cm³/mol. The number of hydrogen-bond acceptors (Lipinski definition) is 2. The largest absolute Gasteiger partial charge is 0.335 e. The molecule has 0 spiro atoms. The zero-order chi connectivity index (χ0) is 14.8. The van der Waals surface area contributed by atoms with E-state index in [0.29, 0.717) is 12.2 Å². The van der Waals surface area contributed by atoms with E-state index in [-0.39, 0.29) is 12.3 Å². The van der Waals surface area contributed by atoms with Gasteiger partial charge in [0.15, 0.2) is 0 Å². The zero-order valence-electron chi connectivity index (χ0n) is 11.2. The number of nitrogens with zero attached hydrogens (tertiary/aromatic N) is 2. The van der Waals surface area contributed by atoms with Crippen molar-refractivity contribution in [3.8, 4) is 0 Å². The smallest absolute Gasteiger partial charge is 0.293 e. The van der Waals surface area contributed by atoms with E-state index in [0.717, 1.165) is 10.6 Å². The third-order valence-corrected chi connectivity index (χ3v) is 3.37. The van der Waals surface area contributed by atoms with Gasteiger partial charge in [-0.3, -0.25) is 9.69 Å². The lowest BCUT2D eigenvalue weighted by molar-refractivity contribution is -0.118. The van der Waals surface area contributed by atoms with E-state index in [1.807, 2.05) is 30.3 Å². The maximum Gasteiger partial charge on any atom is 0.335 e. The van der Waals surface area contributed by atoms with Crippen LogP contribution in [0.4, 0.5) is 20.6 Å². The highest BCUT2D eigenvalue weighted by Crippen LogP contribution is 2.25. The second kappa shape index (κ2) is 5.36. The van der Waals surface area contributed by atoms with Gasteiger partial charge in [-0.25, -0.2) is 14.1 Å². The fourth-order valence-corrected chi connectivity index (χ4v) is 2.33. The summed E-state index contributed by atoms with van der Waals surface area (Å²) in [4.78, 5) is 27.3. The van der Waals surface area contributed by atoms with Gasteiger partial charge in [0.25, 0.3) is 0 Å². The van der Waals surface area contributed by atoms with E-state index < -0.39 is 11.8 Å². The molecule has 21 heavy (non-hydrogen) atoms. The molecule has 2 aromatic rings. The Morgan fingerprint density at radius 2 is 1.52 bits per heavy atom. The van der Waals surface area contributed by atoms with Crippen molar-refractivity contribution in [1.29, 1.82) is 0 Å². The number of anilines is 2. The van der Waals surface area contributed by atoms with Crippen LogP contribution >= 0.6 is 0 Å².